The molecule has 96 valence electrons. The van der Waals surface area contributed by atoms with Crippen molar-refractivity contribution < 1.29 is 9.90 Å². The summed E-state index contributed by atoms with van der Waals surface area (Å²) in [5.74, 6) is -0.992. The Morgan fingerprint density at radius 1 is 1.47 bits per heavy atom. The second-order valence-corrected chi connectivity index (χ2v) is 4.29. The fraction of sp³-hybridized carbons (Fsp3) is 0.214. The summed E-state index contributed by atoms with van der Waals surface area (Å²) in [6.07, 6.45) is 3.33. The van der Waals surface area contributed by atoms with Crippen molar-refractivity contribution in [2.75, 3.05) is 0 Å². The van der Waals surface area contributed by atoms with Gasteiger partial charge < -0.3 is 9.67 Å². The molecule has 1 aromatic carbocycles. The summed E-state index contributed by atoms with van der Waals surface area (Å²) in [4.78, 5) is 14.8. The summed E-state index contributed by atoms with van der Waals surface area (Å²) in [6, 6.07) is 9.36. The van der Waals surface area contributed by atoms with Gasteiger partial charge in [0.2, 0.25) is 5.82 Å². The summed E-state index contributed by atoms with van der Waals surface area (Å²) in [5, 5.41) is 17.8. The number of carbonyl (C=O) groups is 1. The molecule has 19 heavy (non-hydrogen) atoms. The predicted octanol–water partition coefficient (Wildman–Crippen LogP) is 1.99. The number of aliphatic carboxylic acids is 1. The minimum atomic E-state index is -0.839. The summed E-state index contributed by atoms with van der Waals surface area (Å²) < 4.78 is 1.75. The van der Waals surface area contributed by atoms with Gasteiger partial charge in [-0.3, -0.25) is 4.79 Å². The van der Waals surface area contributed by atoms with Crippen molar-refractivity contribution in [2.24, 2.45) is 0 Å². The van der Waals surface area contributed by atoms with E-state index in [-0.39, 0.29) is 0 Å². The highest BCUT2D eigenvalue weighted by Crippen LogP contribution is 2.16. The van der Waals surface area contributed by atoms with Crippen LogP contribution >= 0.6 is 0 Å². The first-order chi connectivity index (χ1) is 9.11. The van der Waals surface area contributed by atoms with E-state index < -0.39 is 11.9 Å². The first-order valence-electron chi connectivity index (χ1n) is 5.84. The normalized spacial score (nSPS) is 11.8. The van der Waals surface area contributed by atoms with Gasteiger partial charge in [-0.25, -0.2) is 4.98 Å². The van der Waals surface area contributed by atoms with Crippen molar-refractivity contribution in [1.29, 1.82) is 5.26 Å². The van der Waals surface area contributed by atoms with Gasteiger partial charge in [0.25, 0.3) is 0 Å². The van der Waals surface area contributed by atoms with Gasteiger partial charge in [0.15, 0.2) is 0 Å². The number of aromatic nitrogens is 2. The first kappa shape index (κ1) is 12.8. The highest BCUT2D eigenvalue weighted by molar-refractivity contribution is 5.75. The van der Waals surface area contributed by atoms with Crippen LogP contribution in [0.3, 0.4) is 0 Å². The summed E-state index contributed by atoms with van der Waals surface area (Å²) in [7, 11) is 0. The molecule has 0 aliphatic carbocycles. The van der Waals surface area contributed by atoms with Crippen LogP contribution in [0.4, 0.5) is 0 Å². The second kappa shape index (κ2) is 5.36. The van der Waals surface area contributed by atoms with E-state index in [1.54, 1.807) is 36.0 Å². The molecule has 0 saturated carbocycles. The minimum Gasteiger partial charge on any atom is -0.481 e. The molecule has 5 heteroatoms. The molecule has 2 aromatic rings. The average molecular weight is 255 g/mol. The smallest absolute Gasteiger partial charge is 0.310 e. The molecule has 1 unspecified atom stereocenters. The van der Waals surface area contributed by atoms with E-state index in [9.17, 15) is 4.79 Å². The number of benzene rings is 1. The van der Waals surface area contributed by atoms with Crippen LogP contribution in [0.1, 0.15) is 29.8 Å². The van der Waals surface area contributed by atoms with Gasteiger partial charge in [-0.2, -0.15) is 5.26 Å². The third-order valence-corrected chi connectivity index (χ3v) is 3.02. The van der Waals surface area contributed by atoms with E-state index in [0.29, 0.717) is 12.4 Å². The zero-order valence-electron chi connectivity index (χ0n) is 10.4. The van der Waals surface area contributed by atoms with Crippen molar-refractivity contribution >= 4 is 5.97 Å². The predicted molar refractivity (Wildman–Crippen MR) is 68.5 cm³/mol. The van der Waals surface area contributed by atoms with Crippen LogP contribution < -0.4 is 0 Å². The van der Waals surface area contributed by atoms with Crippen LogP contribution in [0, 0.1) is 11.3 Å². The van der Waals surface area contributed by atoms with Gasteiger partial charge in [0.05, 0.1) is 5.92 Å². The Kier molecular flexibility index (Phi) is 3.62. The Morgan fingerprint density at radius 2 is 2.16 bits per heavy atom. The molecule has 5 nitrogen and oxygen atoms in total. The Morgan fingerprint density at radius 3 is 2.74 bits per heavy atom. The van der Waals surface area contributed by atoms with Gasteiger partial charge in [0.1, 0.15) is 6.07 Å². The summed E-state index contributed by atoms with van der Waals surface area (Å²) >= 11 is 0. The minimum absolute atomic E-state index is 0.364. The molecule has 2 rings (SSSR count). The van der Waals surface area contributed by atoms with Gasteiger partial charge in [-0.05, 0) is 18.1 Å². The fourth-order valence-corrected chi connectivity index (χ4v) is 1.80. The topological polar surface area (TPSA) is 78.9 Å². The molecule has 0 aliphatic rings. The third-order valence-electron chi connectivity index (χ3n) is 3.02. The Labute approximate surface area is 110 Å². The first-order valence-corrected chi connectivity index (χ1v) is 5.84. The quantitative estimate of drug-likeness (QED) is 0.906. The monoisotopic (exact) mass is 255 g/mol. The molecule has 0 bridgehead atoms. The van der Waals surface area contributed by atoms with Gasteiger partial charge in [-0.15, -0.1) is 0 Å². The zero-order valence-corrected chi connectivity index (χ0v) is 10.4. The SMILES string of the molecule is CC(C(=O)O)c1ccc(Cn2ccnc2C#N)cc1. The van der Waals surface area contributed by atoms with Crippen LogP contribution in [-0.4, -0.2) is 20.6 Å². The standard InChI is InChI=1S/C14H13N3O2/c1-10(14(18)19)12-4-2-11(3-5-12)9-17-7-6-16-13(17)8-15/h2-7,10H,9H2,1H3,(H,18,19). The maximum absolute atomic E-state index is 10.9. The molecule has 0 aliphatic heterocycles. The highest BCUT2D eigenvalue weighted by atomic mass is 16.4. The molecular weight excluding hydrogens is 242 g/mol. The van der Waals surface area contributed by atoms with E-state index in [4.69, 9.17) is 10.4 Å². The largest absolute Gasteiger partial charge is 0.481 e. The van der Waals surface area contributed by atoms with Crippen molar-refractivity contribution in [3.8, 4) is 6.07 Å². The van der Waals surface area contributed by atoms with E-state index in [1.165, 1.54) is 0 Å². The molecule has 1 aromatic heterocycles. The molecule has 0 radical (unpaired) electrons. The van der Waals surface area contributed by atoms with E-state index in [1.807, 2.05) is 18.2 Å². The Balaban J connectivity index is 2.16. The van der Waals surface area contributed by atoms with Crippen molar-refractivity contribution in [3.05, 3.63) is 53.6 Å². The summed E-state index contributed by atoms with van der Waals surface area (Å²) in [5.41, 5.74) is 1.76. The van der Waals surface area contributed by atoms with Crippen LogP contribution in [0.15, 0.2) is 36.7 Å². The van der Waals surface area contributed by atoms with Crippen LogP contribution in [-0.2, 0) is 11.3 Å². The Bertz CT molecular complexity index is 623. The lowest BCUT2D eigenvalue weighted by atomic mass is 10.00. The molecule has 0 saturated heterocycles. The molecule has 0 amide bonds. The van der Waals surface area contributed by atoms with E-state index in [0.717, 1.165) is 11.1 Å². The van der Waals surface area contributed by atoms with Crippen molar-refractivity contribution in [1.82, 2.24) is 9.55 Å². The lowest BCUT2D eigenvalue weighted by Crippen LogP contribution is -2.07. The number of carboxylic acid groups (broad SMARTS) is 1. The lowest BCUT2D eigenvalue weighted by molar-refractivity contribution is -0.138. The molecule has 0 fully saturated rings. The molecule has 1 heterocycles. The van der Waals surface area contributed by atoms with E-state index >= 15 is 0 Å². The second-order valence-electron chi connectivity index (χ2n) is 4.29. The fourth-order valence-electron chi connectivity index (χ4n) is 1.80. The number of hydrogen-bond donors (Lipinski definition) is 1. The number of nitrogens with zero attached hydrogens (tertiary/aromatic N) is 3. The van der Waals surface area contributed by atoms with Crippen LogP contribution in [0.5, 0.6) is 0 Å². The zero-order chi connectivity index (χ0) is 13.8. The third kappa shape index (κ3) is 2.80. The maximum atomic E-state index is 10.9. The number of carboxylic acids is 1. The maximum Gasteiger partial charge on any atom is 0.310 e. The molecule has 1 atom stereocenters. The van der Waals surface area contributed by atoms with E-state index in [2.05, 4.69) is 4.98 Å². The molecule has 1 N–H and O–H groups in total. The van der Waals surface area contributed by atoms with Crippen molar-refractivity contribution in [3.63, 3.8) is 0 Å². The van der Waals surface area contributed by atoms with Gasteiger partial charge in [-0.1, -0.05) is 24.3 Å². The number of hydrogen-bond acceptors (Lipinski definition) is 3. The Hall–Kier alpha value is -2.61. The van der Waals surface area contributed by atoms with Gasteiger partial charge >= 0.3 is 5.97 Å². The molecule has 0 spiro atoms. The number of rotatable bonds is 4. The summed E-state index contributed by atoms with van der Waals surface area (Å²) in [6.45, 7) is 2.20. The number of imidazole rings is 1. The number of nitriles is 1. The van der Waals surface area contributed by atoms with Crippen molar-refractivity contribution in [2.45, 2.75) is 19.4 Å². The van der Waals surface area contributed by atoms with Crippen LogP contribution in [0.2, 0.25) is 0 Å². The average Bonchev–Trinajstić information content (AvgIpc) is 2.86. The lowest BCUT2D eigenvalue weighted by Gasteiger charge is -2.08. The highest BCUT2D eigenvalue weighted by Gasteiger charge is 2.13. The van der Waals surface area contributed by atoms with Crippen LogP contribution in [0.25, 0.3) is 0 Å². The molecular formula is C14H13N3O2. The van der Waals surface area contributed by atoms with Gasteiger partial charge in [0, 0.05) is 18.9 Å².